The second-order valence-electron chi connectivity index (χ2n) is 2.84. The van der Waals surface area contributed by atoms with Crippen molar-refractivity contribution in [2.75, 3.05) is 7.11 Å². The van der Waals surface area contributed by atoms with Gasteiger partial charge in [0.15, 0.2) is 17.7 Å². The van der Waals surface area contributed by atoms with Crippen molar-refractivity contribution in [2.24, 2.45) is 0 Å². The number of aliphatic hydroxyl groups excluding tert-OH is 1. The zero-order valence-electron chi connectivity index (χ0n) is 8.00. The fourth-order valence-electron chi connectivity index (χ4n) is 1.17. The number of carboxylic acids is 1. The lowest BCUT2D eigenvalue weighted by Gasteiger charge is -2.13. The number of aliphatic hydroxyl groups is 1. The Bertz CT molecular complexity index is 433. The lowest BCUT2D eigenvalue weighted by molar-refractivity contribution is -0.147. The van der Waals surface area contributed by atoms with Crippen LogP contribution in [0.3, 0.4) is 0 Å². The van der Waals surface area contributed by atoms with Gasteiger partial charge in [-0.1, -0.05) is 0 Å². The highest BCUT2D eigenvalue weighted by Crippen LogP contribution is 2.32. The van der Waals surface area contributed by atoms with Crippen molar-refractivity contribution in [2.45, 2.75) is 6.10 Å². The number of hydrogen-bond donors (Lipinski definition) is 2. The van der Waals surface area contributed by atoms with Crippen LogP contribution in [0, 0.1) is 17.5 Å². The smallest absolute Gasteiger partial charge is 0.337 e. The molecule has 1 aromatic rings. The second-order valence-corrected chi connectivity index (χ2v) is 2.84. The van der Waals surface area contributed by atoms with Gasteiger partial charge in [-0.05, 0) is 0 Å². The van der Waals surface area contributed by atoms with E-state index in [1.165, 1.54) is 0 Å². The maximum atomic E-state index is 13.2. The lowest BCUT2D eigenvalue weighted by atomic mass is 10.1. The van der Waals surface area contributed by atoms with Gasteiger partial charge in [0.25, 0.3) is 0 Å². The van der Waals surface area contributed by atoms with E-state index >= 15 is 0 Å². The first-order valence-corrected chi connectivity index (χ1v) is 4.02. The van der Waals surface area contributed by atoms with E-state index in [9.17, 15) is 18.0 Å². The van der Waals surface area contributed by atoms with E-state index in [0.717, 1.165) is 7.11 Å². The van der Waals surface area contributed by atoms with Crippen LogP contribution in [-0.4, -0.2) is 23.3 Å². The van der Waals surface area contributed by atoms with Crippen molar-refractivity contribution in [1.82, 2.24) is 0 Å². The first kappa shape index (κ1) is 12.3. The molecule has 1 rings (SSSR count). The number of methoxy groups -OCH3 is 1. The molecule has 1 unspecified atom stereocenters. The van der Waals surface area contributed by atoms with Crippen LogP contribution in [0.25, 0.3) is 0 Å². The summed E-state index contributed by atoms with van der Waals surface area (Å²) in [6, 6.07) is 0.138. The summed E-state index contributed by atoms with van der Waals surface area (Å²) in [4.78, 5) is 10.4. The standard InChI is InChI=1S/C9H7F3O4/c1-16-8-5(7(13)9(14)15)3(10)2-4(11)6(8)12/h2,7,13H,1H3,(H,14,15). The van der Waals surface area contributed by atoms with Crippen molar-refractivity contribution in [3.8, 4) is 5.75 Å². The molecule has 4 nitrogen and oxygen atoms in total. The van der Waals surface area contributed by atoms with Gasteiger partial charge in [0.2, 0.25) is 5.82 Å². The monoisotopic (exact) mass is 236 g/mol. The van der Waals surface area contributed by atoms with Crippen molar-refractivity contribution in [1.29, 1.82) is 0 Å². The third-order valence-corrected chi connectivity index (χ3v) is 1.88. The summed E-state index contributed by atoms with van der Waals surface area (Å²) in [6.07, 6.45) is -2.33. The number of carboxylic acid groups (broad SMARTS) is 1. The van der Waals surface area contributed by atoms with E-state index in [1.54, 1.807) is 0 Å². The van der Waals surface area contributed by atoms with Crippen molar-refractivity contribution in [3.05, 3.63) is 29.1 Å². The van der Waals surface area contributed by atoms with Gasteiger partial charge in [0.05, 0.1) is 12.7 Å². The summed E-state index contributed by atoms with van der Waals surface area (Å²) in [5, 5.41) is 17.5. The van der Waals surface area contributed by atoms with E-state index in [2.05, 4.69) is 4.74 Å². The summed E-state index contributed by atoms with van der Waals surface area (Å²) in [5.41, 5.74) is -0.950. The van der Waals surface area contributed by atoms with Gasteiger partial charge >= 0.3 is 5.97 Å². The molecule has 0 saturated heterocycles. The van der Waals surface area contributed by atoms with E-state index in [-0.39, 0.29) is 6.07 Å². The van der Waals surface area contributed by atoms with E-state index < -0.39 is 40.8 Å². The van der Waals surface area contributed by atoms with E-state index in [4.69, 9.17) is 10.2 Å². The Morgan fingerprint density at radius 3 is 2.38 bits per heavy atom. The number of ether oxygens (including phenoxy) is 1. The van der Waals surface area contributed by atoms with Crippen LogP contribution in [0.1, 0.15) is 11.7 Å². The van der Waals surface area contributed by atoms with Gasteiger partial charge < -0.3 is 14.9 Å². The van der Waals surface area contributed by atoms with Gasteiger partial charge in [-0.3, -0.25) is 0 Å². The molecular formula is C9H7F3O4. The highest BCUT2D eigenvalue weighted by atomic mass is 19.2. The Kier molecular flexibility index (Phi) is 3.38. The van der Waals surface area contributed by atoms with Gasteiger partial charge in [-0.25, -0.2) is 13.6 Å². The Balaban J connectivity index is 3.48. The van der Waals surface area contributed by atoms with Gasteiger partial charge in [0.1, 0.15) is 5.82 Å². The molecule has 0 heterocycles. The molecule has 0 aliphatic rings. The molecule has 0 aliphatic heterocycles. The Labute approximate surface area is 87.9 Å². The largest absolute Gasteiger partial charge is 0.493 e. The van der Waals surface area contributed by atoms with E-state index in [0.29, 0.717) is 0 Å². The highest BCUT2D eigenvalue weighted by molar-refractivity contribution is 5.75. The SMILES string of the molecule is COc1c(F)c(F)cc(F)c1C(O)C(=O)O. The molecule has 0 aromatic heterocycles. The normalized spacial score (nSPS) is 12.3. The fourth-order valence-corrected chi connectivity index (χ4v) is 1.17. The third-order valence-electron chi connectivity index (χ3n) is 1.88. The molecule has 88 valence electrons. The zero-order chi connectivity index (χ0) is 12.5. The molecule has 1 atom stereocenters. The van der Waals surface area contributed by atoms with Gasteiger partial charge in [0, 0.05) is 6.07 Å². The summed E-state index contributed by atoms with van der Waals surface area (Å²) >= 11 is 0. The number of hydrogen-bond acceptors (Lipinski definition) is 3. The minimum atomic E-state index is -2.33. The molecular weight excluding hydrogens is 229 g/mol. The minimum Gasteiger partial charge on any atom is -0.493 e. The molecule has 0 fully saturated rings. The Morgan fingerprint density at radius 2 is 1.94 bits per heavy atom. The molecule has 2 N–H and O–H groups in total. The Hall–Kier alpha value is -1.76. The predicted octanol–water partition coefficient (Wildman–Crippen LogP) is 1.23. The molecule has 0 radical (unpaired) electrons. The summed E-state index contributed by atoms with van der Waals surface area (Å²) in [6.45, 7) is 0. The van der Waals surface area contributed by atoms with Crippen molar-refractivity contribution in [3.63, 3.8) is 0 Å². The average molecular weight is 236 g/mol. The summed E-state index contributed by atoms with van der Waals surface area (Å²) < 4.78 is 43.4. The molecule has 7 heteroatoms. The predicted molar refractivity (Wildman–Crippen MR) is 45.5 cm³/mol. The minimum absolute atomic E-state index is 0.138. The summed E-state index contributed by atoms with van der Waals surface area (Å²) in [5.74, 6) is -7.25. The second kappa shape index (κ2) is 4.40. The lowest BCUT2D eigenvalue weighted by Crippen LogP contribution is -2.15. The third kappa shape index (κ3) is 1.94. The first-order valence-electron chi connectivity index (χ1n) is 4.02. The first-order chi connectivity index (χ1) is 7.40. The number of aliphatic carboxylic acids is 1. The molecule has 0 aliphatic carbocycles. The van der Waals surface area contributed by atoms with Crippen LogP contribution >= 0.6 is 0 Å². The Morgan fingerprint density at radius 1 is 1.38 bits per heavy atom. The molecule has 0 spiro atoms. The zero-order valence-corrected chi connectivity index (χ0v) is 8.00. The van der Waals surface area contributed by atoms with Crippen LogP contribution in [0.4, 0.5) is 13.2 Å². The quantitative estimate of drug-likeness (QED) is 0.774. The number of rotatable bonds is 3. The molecule has 0 saturated carbocycles. The van der Waals surface area contributed by atoms with Crippen LogP contribution in [0.5, 0.6) is 5.75 Å². The number of benzene rings is 1. The van der Waals surface area contributed by atoms with Crippen LogP contribution in [0.15, 0.2) is 6.07 Å². The maximum absolute atomic E-state index is 13.2. The summed E-state index contributed by atoms with van der Waals surface area (Å²) in [7, 11) is 0.898. The van der Waals surface area contributed by atoms with Crippen LogP contribution in [0.2, 0.25) is 0 Å². The van der Waals surface area contributed by atoms with Gasteiger partial charge in [-0.15, -0.1) is 0 Å². The van der Waals surface area contributed by atoms with Gasteiger partial charge in [-0.2, -0.15) is 4.39 Å². The van der Waals surface area contributed by atoms with Crippen LogP contribution in [-0.2, 0) is 4.79 Å². The molecule has 1 aromatic carbocycles. The molecule has 0 amide bonds. The van der Waals surface area contributed by atoms with E-state index in [1.807, 2.05) is 0 Å². The molecule has 16 heavy (non-hydrogen) atoms. The van der Waals surface area contributed by atoms with Crippen LogP contribution < -0.4 is 4.74 Å². The number of halogens is 3. The fraction of sp³-hybridized carbons (Fsp3) is 0.222. The van der Waals surface area contributed by atoms with Crippen molar-refractivity contribution < 1.29 is 32.9 Å². The van der Waals surface area contributed by atoms with Crippen molar-refractivity contribution >= 4 is 5.97 Å². The molecule has 0 bridgehead atoms. The topological polar surface area (TPSA) is 66.8 Å². The highest BCUT2D eigenvalue weighted by Gasteiger charge is 2.29. The number of carbonyl (C=O) groups is 1. The maximum Gasteiger partial charge on any atom is 0.337 e. The average Bonchev–Trinajstić information content (AvgIpc) is 2.21.